The van der Waals surface area contributed by atoms with Crippen LogP contribution in [0.2, 0.25) is 0 Å². The number of carboxylic acids is 1. The summed E-state index contributed by atoms with van der Waals surface area (Å²) in [5.74, 6) is -0.983. The van der Waals surface area contributed by atoms with Crippen LogP contribution in [0.3, 0.4) is 0 Å². The first-order chi connectivity index (χ1) is 9.16. The van der Waals surface area contributed by atoms with E-state index in [1.807, 2.05) is 25.2 Å². The lowest BCUT2D eigenvalue weighted by Gasteiger charge is -2.17. The van der Waals surface area contributed by atoms with Gasteiger partial charge in [-0.3, -0.25) is 4.90 Å². The Labute approximate surface area is 112 Å². The second kappa shape index (κ2) is 6.11. The van der Waals surface area contributed by atoms with E-state index in [0.717, 1.165) is 12.1 Å². The van der Waals surface area contributed by atoms with Gasteiger partial charge in [-0.1, -0.05) is 36.4 Å². The van der Waals surface area contributed by atoms with Gasteiger partial charge < -0.3 is 5.11 Å². The van der Waals surface area contributed by atoms with Crippen LogP contribution in [0, 0.1) is 0 Å². The minimum atomic E-state index is -0.983. The summed E-state index contributed by atoms with van der Waals surface area (Å²) in [6.45, 7) is 1.33. The van der Waals surface area contributed by atoms with E-state index in [9.17, 15) is 4.79 Å². The summed E-state index contributed by atoms with van der Waals surface area (Å²) in [7, 11) is 1.96. The second-order valence-corrected chi connectivity index (χ2v) is 4.47. The fraction of sp³-hybridized carbons (Fsp3) is 0.200. The summed E-state index contributed by atoms with van der Waals surface area (Å²) in [4.78, 5) is 17.1. The summed E-state index contributed by atoms with van der Waals surface area (Å²) in [5, 5.41) is 9.09. The summed E-state index contributed by atoms with van der Waals surface area (Å²) in [5.41, 5.74) is 2.06. The Balaban J connectivity index is 2.07. The van der Waals surface area contributed by atoms with Crippen molar-refractivity contribution in [2.45, 2.75) is 13.1 Å². The number of benzene rings is 1. The van der Waals surface area contributed by atoms with Gasteiger partial charge in [-0.2, -0.15) is 0 Å². The summed E-state index contributed by atoms with van der Waals surface area (Å²) in [6, 6.07) is 13.6. The largest absolute Gasteiger partial charge is 0.477 e. The first-order valence-electron chi connectivity index (χ1n) is 6.06. The van der Waals surface area contributed by atoms with Gasteiger partial charge in [0.1, 0.15) is 0 Å². The van der Waals surface area contributed by atoms with Gasteiger partial charge >= 0.3 is 5.97 Å². The van der Waals surface area contributed by atoms with Crippen molar-refractivity contribution in [3.63, 3.8) is 0 Å². The molecule has 2 aromatic rings. The van der Waals surface area contributed by atoms with Gasteiger partial charge in [0, 0.05) is 19.3 Å². The third-order valence-corrected chi connectivity index (χ3v) is 2.83. The van der Waals surface area contributed by atoms with E-state index >= 15 is 0 Å². The molecule has 0 aliphatic carbocycles. The zero-order chi connectivity index (χ0) is 13.7. The molecule has 0 bridgehead atoms. The molecule has 0 unspecified atom stereocenters. The second-order valence-electron chi connectivity index (χ2n) is 4.47. The molecule has 1 N–H and O–H groups in total. The van der Waals surface area contributed by atoms with Crippen LogP contribution in [0.25, 0.3) is 0 Å². The molecule has 0 aliphatic heterocycles. The van der Waals surface area contributed by atoms with Gasteiger partial charge in [0.2, 0.25) is 0 Å². The number of aromatic nitrogens is 1. The molecule has 19 heavy (non-hydrogen) atoms. The lowest BCUT2D eigenvalue weighted by atomic mass is 10.1. The van der Waals surface area contributed by atoms with Crippen molar-refractivity contribution in [3.05, 3.63) is 65.5 Å². The number of aromatic carboxylic acids is 1. The maximum Gasteiger partial charge on any atom is 0.354 e. The van der Waals surface area contributed by atoms with Crippen LogP contribution >= 0.6 is 0 Å². The maximum atomic E-state index is 11.1. The average Bonchev–Trinajstić information content (AvgIpc) is 2.40. The number of rotatable bonds is 5. The number of hydrogen-bond donors (Lipinski definition) is 1. The Morgan fingerprint density at radius 3 is 2.58 bits per heavy atom. The van der Waals surface area contributed by atoms with E-state index in [2.05, 4.69) is 22.0 Å². The van der Waals surface area contributed by atoms with E-state index in [4.69, 9.17) is 5.11 Å². The fourth-order valence-corrected chi connectivity index (χ4v) is 2.00. The Morgan fingerprint density at radius 2 is 1.89 bits per heavy atom. The van der Waals surface area contributed by atoms with Crippen molar-refractivity contribution >= 4 is 5.97 Å². The van der Waals surface area contributed by atoms with Crippen molar-refractivity contribution in [2.24, 2.45) is 0 Å². The van der Waals surface area contributed by atoms with Gasteiger partial charge in [-0.25, -0.2) is 9.78 Å². The van der Waals surface area contributed by atoms with Crippen molar-refractivity contribution in [2.75, 3.05) is 7.05 Å². The van der Waals surface area contributed by atoms with Crippen LogP contribution in [0.1, 0.15) is 21.6 Å². The number of carbonyl (C=O) groups is 1. The smallest absolute Gasteiger partial charge is 0.354 e. The van der Waals surface area contributed by atoms with Crippen LogP contribution in [-0.2, 0) is 13.1 Å². The van der Waals surface area contributed by atoms with Gasteiger partial charge in [0.25, 0.3) is 0 Å². The number of carboxylic acid groups (broad SMARTS) is 1. The average molecular weight is 256 g/mol. The minimum Gasteiger partial charge on any atom is -0.477 e. The molecular weight excluding hydrogens is 240 g/mol. The highest BCUT2D eigenvalue weighted by Gasteiger charge is 2.12. The van der Waals surface area contributed by atoms with Gasteiger partial charge in [-0.15, -0.1) is 0 Å². The Morgan fingerprint density at radius 1 is 1.16 bits per heavy atom. The minimum absolute atomic E-state index is 0.127. The molecule has 0 amide bonds. The van der Waals surface area contributed by atoms with Crippen LogP contribution in [0.5, 0.6) is 0 Å². The van der Waals surface area contributed by atoms with Crippen LogP contribution in [0.4, 0.5) is 0 Å². The molecular formula is C15H16N2O2. The van der Waals surface area contributed by atoms with E-state index in [1.54, 1.807) is 12.1 Å². The number of hydrogen-bond acceptors (Lipinski definition) is 3. The molecule has 98 valence electrons. The van der Waals surface area contributed by atoms with E-state index < -0.39 is 5.97 Å². The summed E-state index contributed by atoms with van der Waals surface area (Å²) < 4.78 is 0. The molecule has 2 rings (SSSR count). The van der Waals surface area contributed by atoms with Crippen molar-refractivity contribution < 1.29 is 9.90 Å². The highest BCUT2D eigenvalue weighted by Crippen LogP contribution is 2.11. The van der Waals surface area contributed by atoms with Gasteiger partial charge in [0.15, 0.2) is 5.69 Å². The molecule has 0 radical (unpaired) electrons. The maximum absolute atomic E-state index is 11.1. The summed E-state index contributed by atoms with van der Waals surface area (Å²) in [6.07, 6.45) is 1.50. The predicted molar refractivity (Wildman–Crippen MR) is 72.8 cm³/mol. The molecule has 0 spiro atoms. The van der Waals surface area contributed by atoms with Crippen LogP contribution < -0.4 is 0 Å². The molecule has 0 saturated heterocycles. The number of nitrogens with zero attached hydrogens (tertiary/aromatic N) is 2. The molecule has 0 aliphatic rings. The lowest BCUT2D eigenvalue weighted by Crippen LogP contribution is -2.19. The fourth-order valence-electron chi connectivity index (χ4n) is 2.00. The predicted octanol–water partition coefficient (Wildman–Crippen LogP) is 2.41. The van der Waals surface area contributed by atoms with Crippen LogP contribution in [0.15, 0.2) is 48.7 Å². The lowest BCUT2D eigenvalue weighted by molar-refractivity contribution is 0.0688. The molecule has 0 atom stereocenters. The third kappa shape index (κ3) is 3.63. The van der Waals surface area contributed by atoms with Crippen molar-refractivity contribution in [3.8, 4) is 0 Å². The molecule has 1 aromatic heterocycles. The Hall–Kier alpha value is -2.20. The molecule has 4 nitrogen and oxygen atoms in total. The topological polar surface area (TPSA) is 53.4 Å². The third-order valence-electron chi connectivity index (χ3n) is 2.83. The number of pyridine rings is 1. The molecule has 1 aromatic carbocycles. The Kier molecular flexibility index (Phi) is 4.26. The van der Waals surface area contributed by atoms with Crippen molar-refractivity contribution in [1.82, 2.24) is 9.88 Å². The highest BCUT2D eigenvalue weighted by atomic mass is 16.4. The van der Waals surface area contributed by atoms with Crippen LogP contribution in [-0.4, -0.2) is 28.0 Å². The Bertz CT molecular complexity index is 555. The van der Waals surface area contributed by atoms with Gasteiger partial charge in [0.05, 0.1) is 0 Å². The van der Waals surface area contributed by atoms with Crippen molar-refractivity contribution in [1.29, 1.82) is 0 Å². The van der Waals surface area contributed by atoms with Gasteiger partial charge in [-0.05, 0) is 24.2 Å². The zero-order valence-electron chi connectivity index (χ0n) is 10.8. The molecule has 0 fully saturated rings. The normalized spacial score (nSPS) is 10.6. The SMILES string of the molecule is CN(Cc1ccccc1)Cc1cccnc1C(=O)O. The molecule has 0 saturated carbocycles. The standard InChI is InChI=1S/C15H16N2O2/c1-17(10-12-6-3-2-4-7-12)11-13-8-5-9-16-14(13)15(18)19/h2-9H,10-11H2,1H3,(H,18,19). The highest BCUT2D eigenvalue weighted by molar-refractivity contribution is 5.86. The van der Waals surface area contributed by atoms with E-state index in [-0.39, 0.29) is 5.69 Å². The first-order valence-corrected chi connectivity index (χ1v) is 6.06. The quantitative estimate of drug-likeness (QED) is 0.892. The zero-order valence-corrected chi connectivity index (χ0v) is 10.8. The monoisotopic (exact) mass is 256 g/mol. The summed E-state index contributed by atoms with van der Waals surface area (Å²) >= 11 is 0. The molecule has 1 heterocycles. The van der Waals surface area contributed by atoms with E-state index in [0.29, 0.717) is 6.54 Å². The van der Waals surface area contributed by atoms with E-state index in [1.165, 1.54) is 11.8 Å². The first kappa shape index (κ1) is 13.2. The molecule has 4 heteroatoms.